The van der Waals surface area contributed by atoms with Gasteiger partial charge in [0.25, 0.3) is 0 Å². The third-order valence-corrected chi connectivity index (χ3v) is 6.18. The maximum atomic E-state index is 14.8. The van der Waals surface area contributed by atoms with E-state index in [2.05, 4.69) is 49.2 Å². The van der Waals surface area contributed by atoms with Crippen LogP contribution >= 0.6 is 11.9 Å². The first-order chi connectivity index (χ1) is 15.1. The zero-order valence-electron chi connectivity index (χ0n) is 17.3. The summed E-state index contributed by atoms with van der Waals surface area (Å²) in [4.78, 5) is 10.4. The third-order valence-electron chi connectivity index (χ3n) is 5.40. The molecule has 0 atom stereocenters. The number of anilines is 2. The summed E-state index contributed by atoms with van der Waals surface area (Å²) in [6.45, 7) is 4.70. The zero-order chi connectivity index (χ0) is 21.6. The van der Waals surface area contributed by atoms with E-state index in [1.807, 2.05) is 6.07 Å². The van der Waals surface area contributed by atoms with Crippen molar-refractivity contribution in [3.8, 4) is 0 Å². The molecule has 1 aliphatic heterocycles. The zero-order valence-corrected chi connectivity index (χ0v) is 18.1. The first kappa shape index (κ1) is 21.5. The second kappa shape index (κ2) is 10.1. The van der Waals surface area contributed by atoms with Gasteiger partial charge < -0.3 is 10.0 Å². The lowest BCUT2D eigenvalue weighted by Gasteiger charge is -2.33. The van der Waals surface area contributed by atoms with Crippen molar-refractivity contribution in [1.82, 2.24) is 14.9 Å². The van der Waals surface area contributed by atoms with Crippen LogP contribution in [0.2, 0.25) is 0 Å². The van der Waals surface area contributed by atoms with Gasteiger partial charge in [0.1, 0.15) is 5.82 Å². The molecule has 1 fully saturated rings. The van der Waals surface area contributed by atoms with Crippen LogP contribution in [0, 0.1) is 18.7 Å². The van der Waals surface area contributed by atoms with Crippen LogP contribution in [0.1, 0.15) is 24.0 Å². The summed E-state index contributed by atoms with van der Waals surface area (Å²) in [7, 11) is 0. The summed E-state index contributed by atoms with van der Waals surface area (Å²) in [5.41, 5.74) is 2.57. The minimum absolute atomic E-state index is 0.201. The van der Waals surface area contributed by atoms with E-state index in [1.54, 1.807) is 25.3 Å². The fourth-order valence-electron chi connectivity index (χ4n) is 3.63. The second-order valence-corrected chi connectivity index (χ2v) is 8.44. The molecule has 3 aromatic rings. The molecule has 0 spiro atoms. The Hall–Kier alpha value is -2.71. The van der Waals surface area contributed by atoms with Gasteiger partial charge in [0, 0.05) is 43.2 Å². The predicted molar refractivity (Wildman–Crippen MR) is 121 cm³/mol. The van der Waals surface area contributed by atoms with Gasteiger partial charge in [-0.3, -0.25) is 4.90 Å². The van der Waals surface area contributed by atoms with Crippen LogP contribution in [0.5, 0.6) is 0 Å². The number of likely N-dealkylation sites (tertiary alicyclic amines) is 1. The van der Waals surface area contributed by atoms with Gasteiger partial charge >= 0.3 is 0 Å². The van der Waals surface area contributed by atoms with Crippen molar-refractivity contribution in [2.24, 2.45) is 0 Å². The molecule has 4 rings (SSSR count). The summed E-state index contributed by atoms with van der Waals surface area (Å²) >= 11 is 0.979. The van der Waals surface area contributed by atoms with Crippen LogP contribution in [0.25, 0.3) is 0 Å². The molecule has 0 bridgehead atoms. The topological polar surface area (TPSA) is 53.1 Å². The highest BCUT2D eigenvalue weighted by Gasteiger charge is 2.21. The van der Waals surface area contributed by atoms with E-state index in [0.717, 1.165) is 44.4 Å². The lowest BCUT2D eigenvalue weighted by Crippen LogP contribution is -2.38. The molecular weight excluding hydrogens is 416 g/mol. The third kappa shape index (κ3) is 5.71. The molecule has 1 aromatic carbocycles. The van der Waals surface area contributed by atoms with Crippen molar-refractivity contribution in [2.45, 2.75) is 37.4 Å². The number of nitrogens with one attached hydrogen (secondary N) is 2. The monoisotopic (exact) mass is 441 g/mol. The van der Waals surface area contributed by atoms with Crippen molar-refractivity contribution in [1.29, 1.82) is 0 Å². The molecule has 0 amide bonds. The molecule has 1 aliphatic rings. The van der Waals surface area contributed by atoms with Crippen molar-refractivity contribution >= 4 is 23.5 Å². The van der Waals surface area contributed by atoms with Crippen LogP contribution < -0.4 is 10.0 Å². The SMILES string of the molecule is Cc1c(NC2CCN(Cc3ccccc3)CC2)cnc(SNc2cccc(F)n2)c1F. The predicted octanol–water partition coefficient (Wildman–Crippen LogP) is 5.26. The maximum absolute atomic E-state index is 14.8. The van der Waals surface area contributed by atoms with Gasteiger partial charge in [-0.05, 0) is 37.5 Å². The summed E-state index contributed by atoms with van der Waals surface area (Å²) in [6.07, 6.45) is 3.66. The van der Waals surface area contributed by atoms with Crippen LogP contribution in [0.15, 0.2) is 59.8 Å². The minimum Gasteiger partial charge on any atom is -0.381 e. The molecule has 0 radical (unpaired) electrons. The summed E-state index contributed by atoms with van der Waals surface area (Å²) < 4.78 is 30.9. The Morgan fingerprint density at radius 1 is 1.06 bits per heavy atom. The first-order valence-corrected chi connectivity index (χ1v) is 11.1. The van der Waals surface area contributed by atoms with Crippen molar-refractivity contribution in [3.05, 3.63) is 77.6 Å². The number of hydrogen-bond donors (Lipinski definition) is 2. The van der Waals surface area contributed by atoms with Crippen LogP contribution in [-0.4, -0.2) is 34.0 Å². The van der Waals surface area contributed by atoms with E-state index in [9.17, 15) is 8.78 Å². The van der Waals surface area contributed by atoms with E-state index >= 15 is 0 Å². The van der Waals surface area contributed by atoms with Gasteiger partial charge in [0.15, 0.2) is 10.8 Å². The molecule has 162 valence electrons. The summed E-state index contributed by atoms with van der Waals surface area (Å²) in [5, 5.41) is 3.66. The lowest BCUT2D eigenvalue weighted by atomic mass is 10.0. The number of benzene rings is 1. The highest BCUT2D eigenvalue weighted by atomic mass is 32.2. The van der Waals surface area contributed by atoms with E-state index in [-0.39, 0.29) is 10.8 Å². The molecule has 31 heavy (non-hydrogen) atoms. The highest BCUT2D eigenvalue weighted by molar-refractivity contribution is 8.00. The molecule has 3 heterocycles. The van der Waals surface area contributed by atoms with Gasteiger partial charge in [-0.2, -0.15) is 4.39 Å². The Bertz CT molecular complexity index is 1010. The van der Waals surface area contributed by atoms with Gasteiger partial charge in [-0.25, -0.2) is 14.4 Å². The molecule has 0 saturated carbocycles. The standard InChI is InChI=1S/C23H25F2N5S/c1-16-19(14-26-23(22(16)25)31-29-21-9-5-8-20(24)28-21)27-18-10-12-30(13-11-18)15-17-6-3-2-4-7-17/h2-9,14,18,27H,10-13,15H2,1H3,(H,28,29). The number of hydrogen-bond acceptors (Lipinski definition) is 6. The molecule has 2 N–H and O–H groups in total. The van der Waals surface area contributed by atoms with Crippen LogP contribution in [0.4, 0.5) is 20.3 Å². The Morgan fingerprint density at radius 2 is 1.84 bits per heavy atom. The first-order valence-electron chi connectivity index (χ1n) is 10.3. The smallest absolute Gasteiger partial charge is 0.214 e. The Kier molecular flexibility index (Phi) is 6.99. The van der Waals surface area contributed by atoms with Crippen LogP contribution in [0.3, 0.4) is 0 Å². The maximum Gasteiger partial charge on any atom is 0.214 e. The number of piperidine rings is 1. The van der Waals surface area contributed by atoms with Gasteiger partial charge in [-0.1, -0.05) is 36.4 Å². The van der Waals surface area contributed by atoms with E-state index in [1.165, 1.54) is 11.6 Å². The number of halogens is 2. The van der Waals surface area contributed by atoms with E-state index < -0.39 is 5.95 Å². The van der Waals surface area contributed by atoms with Gasteiger partial charge in [0.2, 0.25) is 5.95 Å². The Balaban J connectivity index is 1.31. The minimum atomic E-state index is -0.593. The van der Waals surface area contributed by atoms with Gasteiger partial charge in [0.05, 0.1) is 11.9 Å². The second-order valence-electron chi connectivity index (χ2n) is 7.65. The fraction of sp³-hybridized carbons (Fsp3) is 0.304. The fourth-order valence-corrected chi connectivity index (χ4v) is 4.30. The molecule has 0 aliphatic carbocycles. The van der Waals surface area contributed by atoms with Crippen LogP contribution in [-0.2, 0) is 6.54 Å². The van der Waals surface area contributed by atoms with Crippen molar-refractivity contribution in [3.63, 3.8) is 0 Å². The van der Waals surface area contributed by atoms with Crippen molar-refractivity contribution < 1.29 is 8.78 Å². The molecule has 2 aromatic heterocycles. The molecule has 1 saturated heterocycles. The summed E-state index contributed by atoms with van der Waals surface area (Å²) in [6, 6.07) is 15.2. The molecular formula is C23H25F2N5S. The van der Waals surface area contributed by atoms with E-state index in [0.29, 0.717) is 23.1 Å². The number of nitrogens with zero attached hydrogens (tertiary/aromatic N) is 3. The Labute approximate surface area is 185 Å². The quantitative estimate of drug-likeness (QED) is 0.385. The summed E-state index contributed by atoms with van der Waals surface area (Å²) in [5.74, 6) is -0.668. The number of aromatic nitrogens is 2. The largest absolute Gasteiger partial charge is 0.381 e. The average Bonchev–Trinajstić information content (AvgIpc) is 2.78. The Morgan fingerprint density at radius 3 is 2.58 bits per heavy atom. The van der Waals surface area contributed by atoms with Gasteiger partial charge in [-0.15, -0.1) is 0 Å². The number of pyridine rings is 2. The average molecular weight is 442 g/mol. The molecule has 8 heteroatoms. The lowest BCUT2D eigenvalue weighted by molar-refractivity contribution is 0.211. The molecule has 0 unspecified atom stereocenters. The normalized spacial score (nSPS) is 15.1. The van der Waals surface area contributed by atoms with E-state index in [4.69, 9.17) is 0 Å². The molecule has 5 nitrogen and oxygen atoms in total. The highest BCUT2D eigenvalue weighted by Crippen LogP contribution is 2.28. The van der Waals surface area contributed by atoms with Crippen molar-refractivity contribution in [2.75, 3.05) is 23.1 Å². The number of rotatable bonds is 7.